The quantitative estimate of drug-likeness (QED) is 0.0864. The summed E-state index contributed by atoms with van der Waals surface area (Å²) in [4.78, 5) is 31.7. The Morgan fingerprint density at radius 3 is 2.42 bits per heavy atom. The molecule has 55 heavy (non-hydrogen) atoms. The number of nitrogens with two attached hydrogens (primary N) is 1. The van der Waals surface area contributed by atoms with E-state index >= 15 is 0 Å². The lowest BCUT2D eigenvalue weighted by atomic mass is 10.0. The fourth-order valence-corrected chi connectivity index (χ4v) is 7.97. The highest BCUT2D eigenvalue weighted by Gasteiger charge is 2.25. The monoisotopic (exact) mass is 763 g/mol. The number of carbonyl (C=O) groups excluding carboxylic acids is 1. The van der Waals surface area contributed by atoms with Crippen molar-refractivity contribution in [2.45, 2.75) is 30.8 Å². The van der Waals surface area contributed by atoms with Crippen molar-refractivity contribution in [3.63, 3.8) is 0 Å². The summed E-state index contributed by atoms with van der Waals surface area (Å²) in [7, 11) is -1.16. The van der Waals surface area contributed by atoms with Gasteiger partial charge >= 0.3 is 5.97 Å². The predicted molar refractivity (Wildman–Crippen MR) is 210 cm³/mol. The standard InChI is InChI=1S/C41H41N5O8S/c1-27-7-11-33(12-8-27)55(49,50)46-20-17-34-36(26-44(2)40(47)39(34)46)35-23-28(42)9-14-38(35)54-32-6-4-5-31(24-32)53-22-21-52-30-15-18-45(19-16-30)29-10-13-37(43-25-29)41(48)51-3/h4-14,17,20,23-26,30H,15-16,18-19,21-22,42H2,1-3H3. The summed E-state index contributed by atoms with van der Waals surface area (Å²) in [6.45, 7) is 4.24. The number of pyridine rings is 2. The van der Waals surface area contributed by atoms with Crippen LogP contribution in [0.4, 0.5) is 11.4 Å². The SMILES string of the molecule is COC(=O)c1ccc(N2CCC(OCCOc3cccc(Oc4ccc(N)cc4-c4cn(C)c(=O)c5c4ccn5S(=O)(=O)c4ccc(C)cc4)c3)CC2)cn1. The molecule has 0 amide bonds. The molecule has 0 unspecified atom stereocenters. The van der Waals surface area contributed by atoms with Crippen LogP contribution in [0.3, 0.4) is 0 Å². The second-order valence-corrected chi connectivity index (χ2v) is 15.1. The number of rotatable bonds is 12. The number of esters is 1. The molecule has 0 radical (unpaired) electrons. The average molecular weight is 764 g/mol. The van der Waals surface area contributed by atoms with Gasteiger partial charge < -0.3 is 34.1 Å². The molecule has 3 aromatic heterocycles. The zero-order valence-corrected chi connectivity index (χ0v) is 31.5. The fourth-order valence-electron chi connectivity index (χ4n) is 6.62. The third-order valence-corrected chi connectivity index (χ3v) is 11.2. The summed E-state index contributed by atoms with van der Waals surface area (Å²) in [5, 5.41) is 0.434. The topological polar surface area (TPSA) is 157 Å². The van der Waals surface area contributed by atoms with Gasteiger partial charge in [-0.25, -0.2) is 22.2 Å². The van der Waals surface area contributed by atoms with E-state index in [-0.39, 0.29) is 22.2 Å². The molecule has 1 fully saturated rings. The maximum atomic E-state index is 13.7. The number of carbonyl (C=O) groups is 1. The van der Waals surface area contributed by atoms with Gasteiger partial charge in [0.15, 0.2) is 0 Å². The van der Waals surface area contributed by atoms with Crippen LogP contribution in [0, 0.1) is 6.92 Å². The van der Waals surface area contributed by atoms with Gasteiger partial charge in [-0.05, 0) is 80.4 Å². The van der Waals surface area contributed by atoms with Crippen molar-refractivity contribution in [3.8, 4) is 28.4 Å². The number of benzene rings is 3. The molecule has 6 aromatic rings. The molecule has 1 aliphatic rings. The van der Waals surface area contributed by atoms with Gasteiger partial charge in [-0.3, -0.25) is 4.79 Å². The second kappa shape index (κ2) is 15.7. The summed E-state index contributed by atoms with van der Waals surface area (Å²) >= 11 is 0. The van der Waals surface area contributed by atoms with E-state index in [9.17, 15) is 18.0 Å². The number of anilines is 2. The number of nitrogens with zero attached hydrogens (tertiary/aromatic N) is 4. The van der Waals surface area contributed by atoms with Crippen LogP contribution in [0.15, 0.2) is 113 Å². The van der Waals surface area contributed by atoms with Crippen molar-refractivity contribution in [2.75, 3.05) is 44.0 Å². The lowest BCUT2D eigenvalue weighted by Gasteiger charge is -2.33. The van der Waals surface area contributed by atoms with Crippen molar-refractivity contribution in [3.05, 3.63) is 125 Å². The first-order chi connectivity index (χ1) is 26.5. The molecule has 1 saturated heterocycles. The average Bonchev–Trinajstić information content (AvgIpc) is 3.66. The van der Waals surface area contributed by atoms with E-state index in [1.54, 1.807) is 74.0 Å². The number of nitrogen functional groups attached to an aromatic ring is 1. The molecule has 13 nitrogen and oxygen atoms in total. The molecule has 4 heterocycles. The van der Waals surface area contributed by atoms with Gasteiger partial charge in [0.25, 0.3) is 15.6 Å². The Hall–Kier alpha value is -6.12. The predicted octanol–water partition coefficient (Wildman–Crippen LogP) is 6.17. The Labute approximate surface area is 318 Å². The molecule has 3 aromatic carbocycles. The maximum Gasteiger partial charge on any atom is 0.356 e. The summed E-state index contributed by atoms with van der Waals surface area (Å²) in [5.41, 5.74) is 9.56. The number of fused-ring (bicyclic) bond motifs is 1. The lowest BCUT2D eigenvalue weighted by molar-refractivity contribution is 0.0202. The highest BCUT2D eigenvalue weighted by molar-refractivity contribution is 7.90. The normalized spacial score (nSPS) is 13.5. The number of methoxy groups -OCH3 is 1. The Morgan fingerprint density at radius 1 is 0.927 bits per heavy atom. The summed E-state index contributed by atoms with van der Waals surface area (Å²) in [5.74, 6) is 1.09. The molecule has 7 rings (SSSR count). The van der Waals surface area contributed by atoms with Crippen LogP contribution in [-0.2, 0) is 26.5 Å². The number of aromatic nitrogens is 3. The van der Waals surface area contributed by atoms with Gasteiger partial charge in [0.05, 0.1) is 36.6 Å². The van der Waals surface area contributed by atoms with Crippen LogP contribution < -0.4 is 25.7 Å². The minimum atomic E-state index is -4.07. The van der Waals surface area contributed by atoms with E-state index < -0.39 is 21.6 Å². The summed E-state index contributed by atoms with van der Waals surface area (Å²) < 4.78 is 53.1. The van der Waals surface area contributed by atoms with Crippen LogP contribution in [0.2, 0.25) is 0 Å². The lowest BCUT2D eigenvalue weighted by Crippen LogP contribution is -2.37. The molecule has 284 valence electrons. The Bertz CT molecular complexity index is 2510. The van der Waals surface area contributed by atoms with E-state index in [1.807, 2.05) is 25.1 Å². The smallest absolute Gasteiger partial charge is 0.356 e. The van der Waals surface area contributed by atoms with Crippen LogP contribution in [-0.4, -0.2) is 67.4 Å². The number of aryl methyl sites for hydroxylation is 2. The Morgan fingerprint density at radius 2 is 1.69 bits per heavy atom. The third kappa shape index (κ3) is 7.91. The third-order valence-electron chi connectivity index (χ3n) is 9.55. The molecule has 0 aliphatic carbocycles. The molecule has 2 N–H and O–H groups in total. The van der Waals surface area contributed by atoms with Crippen LogP contribution >= 0.6 is 0 Å². The number of piperidine rings is 1. The van der Waals surface area contributed by atoms with Crippen molar-refractivity contribution in [2.24, 2.45) is 7.05 Å². The first-order valence-electron chi connectivity index (χ1n) is 17.8. The van der Waals surface area contributed by atoms with E-state index in [0.717, 1.165) is 41.2 Å². The Kier molecular flexibility index (Phi) is 10.6. The molecule has 0 atom stereocenters. The Balaban J connectivity index is 1.02. The minimum Gasteiger partial charge on any atom is -0.491 e. The van der Waals surface area contributed by atoms with Gasteiger partial charge in [0.2, 0.25) is 0 Å². The van der Waals surface area contributed by atoms with E-state index in [2.05, 4.69) is 9.88 Å². The molecule has 0 bridgehead atoms. The molecule has 0 saturated carbocycles. The summed E-state index contributed by atoms with van der Waals surface area (Å²) in [6.07, 6.45) is 6.54. The van der Waals surface area contributed by atoms with E-state index in [4.69, 9.17) is 24.7 Å². The van der Waals surface area contributed by atoms with Gasteiger partial charge in [0.1, 0.15) is 35.1 Å². The highest BCUT2D eigenvalue weighted by Crippen LogP contribution is 2.39. The maximum absolute atomic E-state index is 13.7. The van der Waals surface area contributed by atoms with Gasteiger partial charge in [-0.15, -0.1) is 0 Å². The number of hydrogen-bond acceptors (Lipinski definition) is 11. The van der Waals surface area contributed by atoms with E-state index in [0.29, 0.717) is 52.7 Å². The van der Waals surface area contributed by atoms with Crippen molar-refractivity contribution < 1.29 is 32.2 Å². The first kappa shape index (κ1) is 37.2. The zero-order chi connectivity index (χ0) is 38.7. The fraction of sp³-hybridized carbons (Fsp3) is 0.244. The van der Waals surface area contributed by atoms with Crippen molar-refractivity contribution in [1.82, 2.24) is 13.5 Å². The van der Waals surface area contributed by atoms with Gasteiger partial charge in [-0.1, -0.05) is 23.8 Å². The molecule has 1 aliphatic heterocycles. The largest absolute Gasteiger partial charge is 0.491 e. The highest BCUT2D eigenvalue weighted by atomic mass is 32.2. The molecule has 0 spiro atoms. The molecular formula is C41H41N5O8S. The van der Waals surface area contributed by atoms with Gasteiger partial charge in [-0.2, -0.15) is 0 Å². The zero-order valence-electron chi connectivity index (χ0n) is 30.7. The van der Waals surface area contributed by atoms with Gasteiger partial charge in [0, 0.05) is 60.8 Å². The van der Waals surface area contributed by atoms with Crippen molar-refractivity contribution in [1.29, 1.82) is 0 Å². The second-order valence-electron chi connectivity index (χ2n) is 13.3. The molecule has 14 heteroatoms. The van der Waals surface area contributed by atoms with Crippen LogP contribution in [0.25, 0.3) is 22.0 Å². The molecular weight excluding hydrogens is 723 g/mol. The number of ether oxygens (including phenoxy) is 4. The summed E-state index contributed by atoms with van der Waals surface area (Å²) in [6, 6.07) is 24.1. The van der Waals surface area contributed by atoms with Crippen LogP contribution in [0.1, 0.15) is 28.9 Å². The van der Waals surface area contributed by atoms with Crippen LogP contribution in [0.5, 0.6) is 17.2 Å². The van der Waals surface area contributed by atoms with E-state index in [1.165, 1.54) is 30.0 Å². The van der Waals surface area contributed by atoms with Crippen molar-refractivity contribution >= 4 is 38.3 Å². The minimum absolute atomic E-state index is 0.0150. The number of hydrogen-bond donors (Lipinski definition) is 1. The first-order valence-corrected chi connectivity index (χ1v) is 19.2.